The lowest BCUT2D eigenvalue weighted by atomic mass is 10.1. The first kappa shape index (κ1) is 21.6. The van der Waals surface area contributed by atoms with Crippen LogP contribution in [0.2, 0.25) is 0 Å². The molecule has 1 N–H and O–H groups in total. The predicted molar refractivity (Wildman–Crippen MR) is 126 cm³/mol. The van der Waals surface area contributed by atoms with Crippen LogP contribution in [0.4, 0.5) is 0 Å². The highest BCUT2D eigenvalue weighted by molar-refractivity contribution is 5.92. The predicted octanol–water partition coefficient (Wildman–Crippen LogP) is 4.49. The third-order valence-corrected chi connectivity index (χ3v) is 5.38. The second-order valence-corrected chi connectivity index (χ2v) is 7.86. The minimum Gasteiger partial charge on any atom is -0.493 e. The van der Waals surface area contributed by atoms with E-state index in [1.165, 1.54) is 5.56 Å². The summed E-state index contributed by atoms with van der Waals surface area (Å²) in [5.41, 5.74) is 4.88. The summed E-state index contributed by atoms with van der Waals surface area (Å²) in [6.45, 7) is 6.09. The van der Waals surface area contributed by atoms with Crippen LogP contribution in [0.3, 0.4) is 0 Å². The number of imidazole rings is 1. The molecule has 0 radical (unpaired) electrons. The van der Waals surface area contributed by atoms with Gasteiger partial charge in [0, 0.05) is 25.7 Å². The summed E-state index contributed by atoms with van der Waals surface area (Å²) in [4.78, 5) is 21.2. The molecule has 0 unspecified atom stereocenters. The Balaban J connectivity index is 1.38. The van der Waals surface area contributed by atoms with Gasteiger partial charge in [-0.15, -0.1) is 0 Å². The monoisotopic (exact) mass is 428 g/mol. The number of aryl methyl sites for hydroxylation is 3. The van der Waals surface area contributed by atoms with E-state index in [2.05, 4.69) is 46.9 Å². The quantitative estimate of drug-likeness (QED) is 0.399. The first-order chi connectivity index (χ1) is 15.6. The summed E-state index contributed by atoms with van der Waals surface area (Å²) < 4.78 is 8.24. The molecular formula is C26H28N4O2. The van der Waals surface area contributed by atoms with Crippen molar-refractivity contribution in [1.82, 2.24) is 19.9 Å². The van der Waals surface area contributed by atoms with Crippen molar-refractivity contribution in [2.75, 3.05) is 13.2 Å². The summed E-state index contributed by atoms with van der Waals surface area (Å²) in [5.74, 6) is 1.72. The molecule has 0 aliphatic heterocycles. The van der Waals surface area contributed by atoms with Gasteiger partial charge >= 0.3 is 0 Å². The normalized spacial score (nSPS) is 10.9. The zero-order chi connectivity index (χ0) is 22.3. The molecule has 32 heavy (non-hydrogen) atoms. The number of benzene rings is 2. The average Bonchev–Trinajstić information content (AvgIpc) is 3.15. The highest BCUT2D eigenvalue weighted by Crippen LogP contribution is 2.20. The largest absolute Gasteiger partial charge is 0.493 e. The molecular weight excluding hydrogens is 400 g/mol. The van der Waals surface area contributed by atoms with E-state index < -0.39 is 0 Å². The smallest absolute Gasteiger partial charge is 0.269 e. The number of amides is 1. The van der Waals surface area contributed by atoms with Crippen LogP contribution >= 0.6 is 0 Å². The van der Waals surface area contributed by atoms with Gasteiger partial charge in [0.1, 0.15) is 17.3 Å². The second kappa shape index (κ2) is 10.1. The lowest BCUT2D eigenvalue weighted by Crippen LogP contribution is -2.27. The van der Waals surface area contributed by atoms with Crippen LogP contribution in [0.15, 0.2) is 66.9 Å². The van der Waals surface area contributed by atoms with Gasteiger partial charge in [0.25, 0.3) is 5.91 Å². The molecule has 0 aliphatic carbocycles. The van der Waals surface area contributed by atoms with Crippen molar-refractivity contribution in [3.63, 3.8) is 0 Å². The summed E-state index contributed by atoms with van der Waals surface area (Å²) in [6, 6.07) is 19.7. The Kier molecular flexibility index (Phi) is 6.80. The highest BCUT2D eigenvalue weighted by Gasteiger charge is 2.12. The topological polar surface area (TPSA) is 69.0 Å². The fourth-order valence-corrected chi connectivity index (χ4v) is 3.81. The van der Waals surface area contributed by atoms with E-state index in [4.69, 9.17) is 9.72 Å². The van der Waals surface area contributed by atoms with Gasteiger partial charge in [-0.2, -0.15) is 0 Å². The molecule has 2 heterocycles. The van der Waals surface area contributed by atoms with Crippen LogP contribution in [0, 0.1) is 13.8 Å². The van der Waals surface area contributed by atoms with Gasteiger partial charge in [0.2, 0.25) is 0 Å². The van der Waals surface area contributed by atoms with E-state index in [0.717, 1.165) is 41.1 Å². The fraction of sp³-hybridized carbons (Fsp3) is 0.269. The van der Waals surface area contributed by atoms with E-state index in [9.17, 15) is 4.79 Å². The van der Waals surface area contributed by atoms with Gasteiger partial charge in [-0.3, -0.25) is 9.78 Å². The maximum absolute atomic E-state index is 12.3. The van der Waals surface area contributed by atoms with Crippen LogP contribution in [0.1, 0.15) is 33.9 Å². The van der Waals surface area contributed by atoms with Gasteiger partial charge in [-0.25, -0.2) is 4.98 Å². The first-order valence-corrected chi connectivity index (χ1v) is 11.0. The summed E-state index contributed by atoms with van der Waals surface area (Å²) in [5, 5.41) is 2.94. The number of nitrogens with zero attached hydrogens (tertiary/aromatic N) is 3. The van der Waals surface area contributed by atoms with Crippen molar-refractivity contribution in [1.29, 1.82) is 0 Å². The molecule has 0 atom stereocenters. The van der Waals surface area contributed by atoms with E-state index >= 15 is 0 Å². The SMILES string of the molecule is Cc1ccc(OCCCn2c(CCNC(=O)c3ccccn3)nc3ccccc32)c(C)c1. The van der Waals surface area contributed by atoms with E-state index in [0.29, 0.717) is 25.3 Å². The number of carbonyl (C=O) groups is 1. The number of ether oxygens (including phenoxy) is 1. The Morgan fingerprint density at radius 3 is 2.72 bits per heavy atom. The number of pyridine rings is 1. The van der Waals surface area contributed by atoms with Gasteiger partial charge in [0.05, 0.1) is 17.6 Å². The van der Waals surface area contributed by atoms with Crippen LogP contribution < -0.4 is 10.1 Å². The van der Waals surface area contributed by atoms with Crippen LogP contribution in [0.5, 0.6) is 5.75 Å². The van der Waals surface area contributed by atoms with Crippen LogP contribution in [-0.2, 0) is 13.0 Å². The number of hydrogen-bond donors (Lipinski definition) is 1. The van der Waals surface area contributed by atoms with Crippen molar-refractivity contribution in [3.8, 4) is 5.75 Å². The molecule has 2 aromatic carbocycles. The zero-order valence-corrected chi connectivity index (χ0v) is 18.5. The molecule has 0 spiro atoms. The molecule has 6 nitrogen and oxygen atoms in total. The third kappa shape index (κ3) is 5.14. The zero-order valence-electron chi connectivity index (χ0n) is 18.5. The number of fused-ring (bicyclic) bond motifs is 1. The second-order valence-electron chi connectivity index (χ2n) is 7.86. The highest BCUT2D eigenvalue weighted by atomic mass is 16.5. The molecule has 4 rings (SSSR count). The number of aromatic nitrogens is 3. The Morgan fingerprint density at radius 1 is 1.06 bits per heavy atom. The third-order valence-electron chi connectivity index (χ3n) is 5.38. The molecule has 0 saturated heterocycles. The molecule has 164 valence electrons. The van der Waals surface area contributed by atoms with Crippen molar-refractivity contribution < 1.29 is 9.53 Å². The van der Waals surface area contributed by atoms with Crippen molar-refractivity contribution in [2.24, 2.45) is 0 Å². The van der Waals surface area contributed by atoms with Gasteiger partial charge in [-0.05, 0) is 56.2 Å². The summed E-state index contributed by atoms with van der Waals surface area (Å²) in [6.07, 6.45) is 3.13. The Hall–Kier alpha value is -3.67. The van der Waals surface area contributed by atoms with Gasteiger partial charge in [0.15, 0.2) is 0 Å². The Morgan fingerprint density at radius 2 is 1.91 bits per heavy atom. The van der Waals surface area contributed by atoms with Crippen LogP contribution in [-0.4, -0.2) is 33.6 Å². The van der Waals surface area contributed by atoms with Gasteiger partial charge in [-0.1, -0.05) is 35.9 Å². The van der Waals surface area contributed by atoms with Crippen molar-refractivity contribution in [2.45, 2.75) is 33.2 Å². The maximum Gasteiger partial charge on any atom is 0.269 e. The molecule has 0 saturated carbocycles. The number of para-hydroxylation sites is 2. The minimum atomic E-state index is -0.171. The van der Waals surface area contributed by atoms with Gasteiger partial charge < -0.3 is 14.6 Å². The van der Waals surface area contributed by atoms with E-state index in [1.54, 1.807) is 18.3 Å². The number of nitrogens with one attached hydrogen (secondary N) is 1. The van der Waals surface area contributed by atoms with Crippen molar-refractivity contribution >= 4 is 16.9 Å². The average molecular weight is 429 g/mol. The number of rotatable bonds is 9. The first-order valence-electron chi connectivity index (χ1n) is 11.0. The van der Waals surface area contributed by atoms with E-state index in [-0.39, 0.29) is 5.91 Å². The van der Waals surface area contributed by atoms with Crippen LogP contribution in [0.25, 0.3) is 11.0 Å². The molecule has 1 amide bonds. The summed E-state index contributed by atoms with van der Waals surface area (Å²) in [7, 11) is 0. The lowest BCUT2D eigenvalue weighted by Gasteiger charge is -2.12. The standard InChI is InChI=1S/C26H28N4O2/c1-19-11-12-24(20(2)18-19)32-17-7-16-30-23-10-4-3-8-21(23)29-25(30)13-15-28-26(31)22-9-5-6-14-27-22/h3-6,8-12,14,18H,7,13,15-17H2,1-2H3,(H,28,31). The molecule has 0 bridgehead atoms. The Labute approximate surface area is 188 Å². The van der Waals surface area contributed by atoms with E-state index in [1.807, 2.05) is 30.3 Å². The molecule has 4 aromatic rings. The molecule has 0 fully saturated rings. The Bertz CT molecular complexity index is 1200. The fourth-order valence-electron chi connectivity index (χ4n) is 3.81. The molecule has 0 aliphatic rings. The maximum atomic E-state index is 12.3. The minimum absolute atomic E-state index is 0.171. The lowest BCUT2D eigenvalue weighted by molar-refractivity contribution is 0.0949. The molecule has 2 aromatic heterocycles. The molecule has 6 heteroatoms. The number of hydrogen-bond acceptors (Lipinski definition) is 4. The number of carbonyl (C=O) groups excluding carboxylic acids is 1. The van der Waals surface area contributed by atoms with Crippen molar-refractivity contribution in [3.05, 3.63) is 89.5 Å². The summed E-state index contributed by atoms with van der Waals surface area (Å²) >= 11 is 0.